The van der Waals surface area contributed by atoms with Gasteiger partial charge in [-0.25, -0.2) is 4.39 Å². The maximum absolute atomic E-state index is 12.7. The molecule has 0 aromatic heterocycles. The second-order valence-electron chi connectivity index (χ2n) is 2.69. The van der Waals surface area contributed by atoms with Crippen LogP contribution in [0.2, 0.25) is 5.02 Å². The highest BCUT2D eigenvalue weighted by Gasteiger charge is 1.97. The van der Waals surface area contributed by atoms with Crippen LogP contribution < -0.4 is 0 Å². The number of rotatable bonds is 3. The number of hydrogen-bond acceptors (Lipinski definition) is 1. The van der Waals surface area contributed by atoms with Crippen LogP contribution in [-0.4, -0.2) is 5.24 Å². The van der Waals surface area contributed by atoms with Gasteiger partial charge in [-0.1, -0.05) is 35.9 Å². The van der Waals surface area contributed by atoms with Gasteiger partial charge in [0.05, 0.1) is 5.02 Å². The summed E-state index contributed by atoms with van der Waals surface area (Å²) in [6, 6.07) is 4.07. The van der Waals surface area contributed by atoms with Crippen molar-refractivity contribution in [2.24, 2.45) is 0 Å². The van der Waals surface area contributed by atoms with E-state index in [4.69, 9.17) is 23.2 Å². The fraction of sp³-hybridized carbons (Fsp3) is 0. The molecule has 1 aromatic carbocycles. The summed E-state index contributed by atoms with van der Waals surface area (Å²) in [5, 5.41) is -0.235. The minimum Gasteiger partial charge on any atom is -0.276 e. The highest BCUT2D eigenvalue weighted by atomic mass is 35.5. The number of allylic oxidation sites excluding steroid dienone is 3. The van der Waals surface area contributed by atoms with E-state index < -0.39 is 5.24 Å². The molecule has 0 N–H and O–H groups in total. The molecule has 0 aliphatic rings. The normalized spacial score (nSPS) is 11.4. The van der Waals surface area contributed by atoms with Crippen molar-refractivity contribution in [2.75, 3.05) is 0 Å². The van der Waals surface area contributed by atoms with Gasteiger partial charge in [-0.05, 0) is 35.4 Å². The van der Waals surface area contributed by atoms with Crippen molar-refractivity contribution in [3.8, 4) is 0 Å². The van der Waals surface area contributed by atoms with Gasteiger partial charge in [0.2, 0.25) is 5.24 Å². The van der Waals surface area contributed by atoms with Crippen molar-refractivity contribution in [1.29, 1.82) is 0 Å². The van der Waals surface area contributed by atoms with E-state index in [9.17, 15) is 9.18 Å². The predicted octanol–water partition coefficient (Wildman–Crippen LogP) is 3.81. The molecule has 0 radical (unpaired) electrons. The largest absolute Gasteiger partial charge is 0.276 e. The third kappa shape index (κ3) is 4.28. The van der Waals surface area contributed by atoms with E-state index in [1.807, 2.05) is 0 Å². The van der Waals surface area contributed by atoms with E-state index >= 15 is 0 Å². The fourth-order valence-electron chi connectivity index (χ4n) is 0.927. The Kier molecular flexibility index (Phi) is 4.53. The quantitative estimate of drug-likeness (QED) is 0.449. The molecule has 0 saturated heterocycles. The van der Waals surface area contributed by atoms with Crippen LogP contribution in [0.5, 0.6) is 0 Å². The summed E-state index contributed by atoms with van der Waals surface area (Å²) in [7, 11) is 0. The van der Waals surface area contributed by atoms with Crippen molar-refractivity contribution < 1.29 is 9.18 Å². The first-order valence-corrected chi connectivity index (χ1v) is 4.84. The second-order valence-corrected chi connectivity index (χ2v) is 3.47. The lowest BCUT2D eigenvalue weighted by Gasteiger charge is -1.96. The molecule has 0 heterocycles. The Balaban J connectivity index is 2.77. The van der Waals surface area contributed by atoms with Crippen molar-refractivity contribution in [2.45, 2.75) is 0 Å². The molecule has 0 spiro atoms. The zero-order chi connectivity index (χ0) is 11.3. The summed E-state index contributed by atoms with van der Waals surface area (Å²) in [4.78, 5) is 10.3. The molecule has 78 valence electrons. The topological polar surface area (TPSA) is 17.1 Å². The van der Waals surface area contributed by atoms with Crippen LogP contribution in [0, 0.1) is 5.82 Å². The standard InChI is InChI=1S/C11H7Cl2FO/c12-10-7-9(14)6-5-8(10)3-1-2-4-11(13)15/h1-7H. The molecule has 0 atom stereocenters. The van der Waals surface area contributed by atoms with Gasteiger partial charge in [-0.15, -0.1) is 0 Å². The Morgan fingerprint density at radius 2 is 2.07 bits per heavy atom. The number of carbonyl (C=O) groups excluding carboxylic acids is 1. The molecular weight excluding hydrogens is 238 g/mol. The molecule has 0 aliphatic carbocycles. The fourth-order valence-corrected chi connectivity index (χ4v) is 1.23. The maximum atomic E-state index is 12.7. The Morgan fingerprint density at radius 3 is 2.67 bits per heavy atom. The van der Waals surface area contributed by atoms with Crippen LogP contribution >= 0.6 is 23.2 Å². The first kappa shape index (κ1) is 12.0. The summed E-state index contributed by atoms with van der Waals surface area (Å²) < 4.78 is 12.7. The van der Waals surface area contributed by atoms with Gasteiger partial charge < -0.3 is 0 Å². The van der Waals surface area contributed by atoms with Crippen LogP contribution in [0.1, 0.15) is 5.56 Å². The van der Waals surface area contributed by atoms with Gasteiger partial charge in [0.1, 0.15) is 5.82 Å². The summed E-state index contributed by atoms with van der Waals surface area (Å²) in [6.45, 7) is 0. The van der Waals surface area contributed by atoms with E-state index in [0.717, 1.165) is 0 Å². The average Bonchev–Trinajstić information content (AvgIpc) is 2.14. The highest BCUT2D eigenvalue weighted by molar-refractivity contribution is 6.66. The summed E-state index contributed by atoms with van der Waals surface area (Å²) >= 11 is 10.8. The van der Waals surface area contributed by atoms with Gasteiger partial charge in [-0.2, -0.15) is 0 Å². The summed E-state index contributed by atoms with van der Waals surface area (Å²) in [6.07, 6.45) is 5.93. The Hall–Kier alpha value is -1.12. The third-order valence-corrected chi connectivity index (χ3v) is 2.03. The minimum atomic E-state index is -0.551. The van der Waals surface area contributed by atoms with Gasteiger partial charge in [-0.3, -0.25) is 4.79 Å². The van der Waals surface area contributed by atoms with Crippen LogP contribution in [0.4, 0.5) is 4.39 Å². The third-order valence-electron chi connectivity index (χ3n) is 1.58. The Bertz CT molecular complexity index is 425. The summed E-state index contributed by atoms with van der Waals surface area (Å²) in [5.74, 6) is -0.386. The van der Waals surface area contributed by atoms with Crippen LogP contribution in [0.15, 0.2) is 36.4 Å². The number of hydrogen-bond donors (Lipinski definition) is 0. The molecular formula is C11H7Cl2FO. The van der Waals surface area contributed by atoms with Crippen LogP contribution in [-0.2, 0) is 4.79 Å². The van der Waals surface area contributed by atoms with E-state index in [2.05, 4.69) is 0 Å². The number of carbonyl (C=O) groups is 1. The molecule has 1 aromatic rings. The molecule has 1 nitrogen and oxygen atoms in total. The number of halogens is 3. The molecule has 1 rings (SSSR count). The van der Waals surface area contributed by atoms with Crippen molar-refractivity contribution in [3.05, 3.63) is 52.8 Å². The maximum Gasteiger partial charge on any atom is 0.245 e. The van der Waals surface area contributed by atoms with Gasteiger partial charge >= 0.3 is 0 Å². The molecule has 15 heavy (non-hydrogen) atoms. The van der Waals surface area contributed by atoms with Crippen molar-refractivity contribution >= 4 is 34.5 Å². The molecule has 0 amide bonds. The van der Waals surface area contributed by atoms with Gasteiger partial charge in [0.15, 0.2) is 0 Å². The lowest BCUT2D eigenvalue weighted by molar-refractivity contribution is -0.107. The van der Waals surface area contributed by atoms with Gasteiger partial charge in [0, 0.05) is 0 Å². The van der Waals surface area contributed by atoms with E-state index in [0.29, 0.717) is 10.6 Å². The first-order valence-electron chi connectivity index (χ1n) is 4.09. The van der Waals surface area contributed by atoms with E-state index in [1.165, 1.54) is 24.3 Å². The minimum absolute atomic E-state index is 0.317. The van der Waals surface area contributed by atoms with Crippen LogP contribution in [0.3, 0.4) is 0 Å². The van der Waals surface area contributed by atoms with Gasteiger partial charge in [0.25, 0.3) is 0 Å². The monoisotopic (exact) mass is 244 g/mol. The van der Waals surface area contributed by atoms with Crippen LogP contribution in [0.25, 0.3) is 6.08 Å². The number of benzene rings is 1. The second kappa shape index (κ2) is 5.69. The van der Waals surface area contributed by atoms with Crippen molar-refractivity contribution in [3.63, 3.8) is 0 Å². The first-order chi connectivity index (χ1) is 7.09. The highest BCUT2D eigenvalue weighted by Crippen LogP contribution is 2.18. The molecule has 0 bridgehead atoms. The SMILES string of the molecule is O=C(Cl)C=CC=Cc1ccc(F)cc1Cl. The Labute approximate surface area is 96.8 Å². The van der Waals surface area contributed by atoms with E-state index in [1.54, 1.807) is 18.2 Å². The zero-order valence-corrected chi connectivity index (χ0v) is 9.10. The average molecular weight is 245 g/mol. The summed E-state index contributed by atoms with van der Waals surface area (Å²) in [5.41, 5.74) is 0.671. The smallest absolute Gasteiger partial charge is 0.245 e. The molecule has 0 unspecified atom stereocenters. The zero-order valence-electron chi connectivity index (χ0n) is 7.58. The van der Waals surface area contributed by atoms with E-state index in [-0.39, 0.29) is 5.82 Å². The molecule has 0 saturated carbocycles. The van der Waals surface area contributed by atoms with Crippen molar-refractivity contribution in [1.82, 2.24) is 0 Å². The predicted molar refractivity (Wildman–Crippen MR) is 60.4 cm³/mol. The molecule has 4 heteroatoms. The lowest BCUT2D eigenvalue weighted by Crippen LogP contribution is -1.78. The Morgan fingerprint density at radius 1 is 1.33 bits per heavy atom. The lowest BCUT2D eigenvalue weighted by atomic mass is 10.2. The molecule has 0 fully saturated rings. The molecule has 0 aliphatic heterocycles.